The van der Waals surface area contributed by atoms with Gasteiger partial charge in [0.1, 0.15) is 0 Å². The zero-order valence-electron chi connectivity index (χ0n) is 25.4. The van der Waals surface area contributed by atoms with E-state index in [1.165, 1.54) is 71.7 Å². The van der Waals surface area contributed by atoms with E-state index in [9.17, 15) is 0 Å². The molecular formula is C45H31N. The third-order valence-corrected chi connectivity index (χ3v) is 9.46. The Kier molecular flexibility index (Phi) is 6.28. The molecule has 0 N–H and O–H groups in total. The lowest BCUT2D eigenvalue weighted by Gasteiger charge is -2.26. The monoisotopic (exact) mass is 585 g/mol. The van der Waals surface area contributed by atoms with Crippen LogP contribution in [0.1, 0.15) is 11.1 Å². The lowest BCUT2D eigenvalue weighted by molar-refractivity contribution is 1.23. The molecule has 0 aromatic heterocycles. The molecular weight excluding hydrogens is 555 g/mol. The molecule has 216 valence electrons. The molecule has 0 radical (unpaired) electrons. The Morgan fingerprint density at radius 1 is 0.326 bits per heavy atom. The van der Waals surface area contributed by atoms with Crippen LogP contribution >= 0.6 is 0 Å². The molecule has 0 spiro atoms. The lowest BCUT2D eigenvalue weighted by atomic mass is 9.86. The Bertz CT molecular complexity index is 2310. The first kappa shape index (κ1) is 26.5. The number of para-hydroxylation sites is 1. The van der Waals surface area contributed by atoms with Crippen LogP contribution in [0.5, 0.6) is 0 Å². The van der Waals surface area contributed by atoms with Crippen molar-refractivity contribution in [2.75, 3.05) is 4.90 Å². The molecule has 8 aromatic carbocycles. The van der Waals surface area contributed by atoms with Crippen molar-refractivity contribution in [3.63, 3.8) is 0 Å². The molecule has 0 saturated heterocycles. The Balaban J connectivity index is 1.19. The Morgan fingerprint density at radius 3 is 1.41 bits per heavy atom. The lowest BCUT2D eigenvalue weighted by Crippen LogP contribution is -2.10. The highest BCUT2D eigenvalue weighted by Gasteiger charge is 2.21. The fourth-order valence-electron chi connectivity index (χ4n) is 7.43. The fourth-order valence-corrected chi connectivity index (χ4v) is 7.43. The standard InChI is InChI=1S/C45H31N/c1-3-13-31(14-4-1)44-40-19-9-11-21-42(40)45(43-22-12-10-20-41(43)44)32-23-25-36(26-24-32)46(35-16-5-2-6-17-35)37-27-28-39-34(30-37)29-33-15-7-8-18-38(33)39/h1-28,30H,29H2. The quantitative estimate of drug-likeness (QED) is 0.182. The van der Waals surface area contributed by atoms with E-state index in [1.807, 2.05) is 0 Å². The third kappa shape index (κ3) is 4.32. The molecule has 9 rings (SSSR count). The molecule has 0 saturated carbocycles. The summed E-state index contributed by atoms with van der Waals surface area (Å²) in [7, 11) is 0. The van der Waals surface area contributed by atoms with Gasteiger partial charge in [0.25, 0.3) is 0 Å². The van der Waals surface area contributed by atoms with E-state index < -0.39 is 0 Å². The van der Waals surface area contributed by atoms with Gasteiger partial charge >= 0.3 is 0 Å². The average Bonchev–Trinajstić information content (AvgIpc) is 3.50. The number of hydrogen-bond acceptors (Lipinski definition) is 1. The van der Waals surface area contributed by atoms with Crippen LogP contribution in [0.15, 0.2) is 176 Å². The topological polar surface area (TPSA) is 3.24 Å². The summed E-state index contributed by atoms with van der Waals surface area (Å²) >= 11 is 0. The number of benzene rings is 8. The van der Waals surface area contributed by atoms with E-state index in [1.54, 1.807) is 0 Å². The van der Waals surface area contributed by atoms with Crippen LogP contribution in [0.4, 0.5) is 17.1 Å². The largest absolute Gasteiger partial charge is 0.310 e. The first-order chi connectivity index (χ1) is 22.8. The molecule has 1 aliphatic carbocycles. The molecule has 46 heavy (non-hydrogen) atoms. The highest BCUT2D eigenvalue weighted by Crippen LogP contribution is 2.45. The number of nitrogens with zero attached hydrogens (tertiary/aromatic N) is 1. The van der Waals surface area contributed by atoms with E-state index in [0.717, 1.165) is 17.8 Å². The molecule has 0 bridgehead atoms. The van der Waals surface area contributed by atoms with Gasteiger partial charge in [0.05, 0.1) is 0 Å². The fraction of sp³-hybridized carbons (Fsp3) is 0.0222. The summed E-state index contributed by atoms with van der Waals surface area (Å²) in [5.41, 5.74) is 14.0. The maximum Gasteiger partial charge on any atom is 0.0464 e. The summed E-state index contributed by atoms with van der Waals surface area (Å²) in [4.78, 5) is 2.38. The smallest absolute Gasteiger partial charge is 0.0464 e. The summed E-state index contributed by atoms with van der Waals surface area (Å²) < 4.78 is 0. The van der Waals surface area contributed by atoms with Crippen LogP contribution in [-0.2, 0) is 6.42 Å². The summed E-state index contributed by atoms with van der Waals surface area (Å²) in [5.74, 6) is 0. The number of hydrogen-bond donors (Lipinski definition) is 0. The predicted octanol–water partition coefficient (Wildman–Crippen LogP) is 12.4. The van der Waals surface area contributed by atoms with E-state index in [-0.39, 0.29) is 0 Å². The highest BCUT2D eigenvalue weighted by atomic mass is 15.1. The van der Waals surface area contributed by atoms with Gasteiger partial charge in [-0.05, 0) is 109 Å². The van der Waals surface area contributed by atoms with E-state index in [0.29, 0.717) is 0 Å². The van der Waals surface area contributed by atoms with Gasteiger partial charge in [-0.25, -0.2) is 0 Å². The van der Waals surface area contributed by atoms with Crippen LogP contribution in [0, 0.1) is 0 Å². The van der Waals surface area contributed by atoms with Crippen LogP contribution in [0.25, 0.3) is 54.9 Å². The van der Waals surface area contributed by atoms with Crippen LogP contribution in [0.2, 0.25) is 0 Å². The average molecular weight is 586 g/mol. The Labute approximate surface area is 269 Å². The molecule has 8 aromatic rings. The van der Waals surface area contributed by atoms with Crippen molar-refractivity contribution in [3.05, 3.63) is 187 Å². The van der Waals surface area contributed by atoms with Gasteiger partial charge in [-0.2, -0.15) is 0 Å². The summed E-state index contributed by atoms with van der Waals surface area (Å²) in [6.07, 6.45) is 0.972. The van der Waals surface area contributed by atoms with Gasteiger partial charge in [-0.3, -0.25) is 0 Å². The van der Waals surface area contributed by atoms with Crippen molar-refractivity contribution in [2.24, 2.45) is 0 Å². The minimum absolute atomic E-state index is 0.972. The highest BCUT2D eigenvalue weighted by molar-refractivity contribution is 6.21. The molecule has 0 aliphatic heterocycles. The van der Waals surface area contributed by atoms with Crippen molar-refractivity contribution in [1.29, 1.82) is 0 Å². The van der Waals surface area contributed by atoms with Crippen LogP contribution in [0.3, 0.4) is 0 Å². The van der Waals surface area contributed by atoms with Gasteiger partial charge in [-0.1, -0.05) is 140 Å². The summed E-state index contributed by atoms with van der Waals surface area (Å²) in [6, 6.07) is 64.1. The predicted molar refractivity (Wildman–Crippen MR) is 195 cm³/mol. The zero-order valence-corrected chi connectivity index (χ0v) is 25.4. The summed E-state index contributed by atoms with van der Waals surface area (Å²) in [6.45, 7) is 0. The molecule has 1 heteroatoms. The van der Waals surface area contributed by atoms with Gasteiger partial charge in [0, 0.05) is 17.1 Å². The van der Waals surface area contributed by atoms with Gasteiger partial charge in [0.2, 0.25) is 0 Å². The second kappa shape index (κ2) is 10.9. The number of fused-ring (bicyclic) bond motifs is 5. The first-order valence-electron chi connectivity index (χ1n) is 16.0. The van der Waals surface area contributed by atoms with Crippen molar-refractivity contribution < 1.29 is 0 Å². The summed E-state index contributed by atoms with van der Waals surface area (Å²) in [5, 5.41) is 5.09. The minimum Gasteiger partial charge on any atom is -0.310 e. The normalized spacial score (nSPS) is 11.8. The first-order valence-corrected chi connectivity index (χ1v) is 16.0. The maximum atomic E-state index is 2.38. The van der Waals surface area contributed by atoms with Crippen LogP contribution in [-0.4, -0.2) is 0 Å². The van der Waals surface area contributed by atoms with E-state index in [2.05, 4.69) is 181 Å². The molecule has 0 heterocycles. The van der Waals surface area contributed by atoms with E-state index in [4.69, 9.17) is 0 Å². The minimum atomic E-state index is 0.972. The molecule has 0 atom stereocenters. The van der Waals surface area contributed by atoms with Gasteiger partial charge in [-0.15, -0.1) is 0 Å². The molecule has 0 amide bonds. The van der Waals surface area contributed by atoms with E-state index >= 15 is 0 Å². The van der Waals surface area contributed by atoms with Crippen molar-refractivity contribution >= 4 is 38.6 Å². The SMILES string of the molecule is c1ccc(-c2c3ccccc3c(-c3ccc(N(c4ccccc4)c4ccc5c(c4)Cc4ccccc4-5)cc3)c3ccccc23)cc1. The number of anilines is 3. The second-order valence-electron chi connectivity index (χ2n) is 12.1. The van der Waals surface area contributed by atoms with Gasteiger partial charge < -0.3 is 4.90 Å². The third-order valence-electron chi connectivity index (χ3n) is 9.46. The Morgan fingerprint density at radius 2 is 0.783 bits per heavy atom. The van der Waals surface area contributed by atoms with Crippen molar-refractivity contribution in [1.82, 2.24) is 0 Å². The second-order valence-corrected chi connectivity index (χ2v) is 12.1. The maximum absolute atomic E-state index is 2.38. The molecule has 0 fully saturated rings. The molecule has 0 unspecified atom stereocenters. The van der Waals surface area contributed by atoms with Crippen molar-refractivity contribution in [3.8, 4) is 33.4 Å². The molecule has 1 nitrogen and oxygen atoms in total. The van der Waals surface area contributed by atoms with Gasteiger partial charge in [0.15, 0.2) is 0 Å². The zero-order chi connectivity index (χ0) is 30.5. The molecule has 1 aliphatic rings. The Hall–Kier alpha value is -5.92. The number of rotatable bonds is 5. The van der Waals surface area contributed by atoms with Crippen molar-refractivity contribution in [2.45, 2.75) is 6.42 Å². The van der Waals surface area contributed by atoms with Crippen LogP contribution < -0.4 is 4.90 Å².